The van der Waals surface area contributed by atoms with E-state index in [9.17, 15) is 14.4 Å². The molecule has 1 unspecified atom stereocenters. The van der Waals surface area contributed by atoms with Gasteiger partial charge in [-0.15, -0.1) is 0 Å². The highest BCUT2D eigenvalue weighted by Gasteiger charge is 2.69. The Morgan fingerprint density at radius 1 is 1.06 bits per heavy atom. The van der Waals surface area contributed by atoms with Crippen molar-refractivity contribution in [2.45, 2.75) is 91.5 Å². The Bertz CT molecular complexity index is 921. The summed E-state index contributed by atoms with van der Waals surface area (Å²) in [7, 11) is 0. The van der Waals surface area contributed by atoms with E-state index >= 15 is 0 Å². The quantitative estimate of drug-likeness (QED) is 0.578. The molecule has 2 bridgehead atoms. The van der Waals surface area contributed by atoms with Crippen molar-refractivity contribution in [3.8, 4) is 0 Å². The molecule has 33 heavy (non-hydrogen) atoms. The SMILES string of the molecule is CC(=O)O[C@@H]1C2=C(C)C(=O)C[C@@H]([C@H]3OC4OCO[C@H]5CC[C@](C)([C@H]3[C@@H]45)[C@H]1OC(C)=O)C2(C)C. The summed E-state index contributed by atoms with van der Waals surface area (Å²) in [4.78, 5) is 38.0. The topological polar surface area (TPSA) is 97.4 Å². The highest BCUT2D eigenvalue weighted by molar-refractivity contribution is 5.97. The van der Waals surface area contributed by atoms with Crippen LogP contribution in [0.2, 0.25) is 0 Å². The summed E-state index contributed by atoms with van der Waals surface area (Å²) in [5.74, 6) is -1.16. The average Bonchev–Trinajstić information content (AvgIpc) is 3.11. The van der Waals surface area contributed by atoms with Gasteiger partial charge in [-0.1, -0.05) is 20.8 Å². The van der Waals surface area contributed by atoms with Crippen molar-refractivity contribution in [2.24, 2.45) is 28.6 Å². The van der Waals surface area contributed by atoms with E-state index in [0.717, 1.165) is 12.0 Å². The predicted molar refractivity (Wildman–Crippen MR) is 115 cm³/mol. The standard InChI is InChI=1S/C25H34O8/c1-11-15(28)9-14-20-19-17-16(29-10-30-23(17)33-20)7-8-25(19,6)22(32-13(3)27)21(31-12(2)26)18(11)24(14,4)5/h14,16-17,19-23H,7-10H2,1-6H3/t14-,16-,17-,19-,20+,21+,22-,23?,25+/m0/s1. The summed E-state index contributed by atoms with van der Waals surface area (Å²) in [6.07, 6.45) is -0.480. The highest BCUT2D eigenvalue weighted by atomic mass is 16.8. The minimum Gasteiger partial charge on any atom is -0.458 e. The third-order valence-corrected chi connectivity index (χ3v) is 9.09. The summed E-state index contributed by atoms with van der Waals surface area (Å²) < 4.78 is 30.5. The van der Waals surface area contributed by atoms with Crippen molar-refractivity contribution < 1.29 is 38.1 Å². The molecule has 9 atom stereocenters. The number of allylic oxidation sites excluding steroid dienone is 1. The van der Waals surface area contributed by atoms with Crippen molar-refractivity contribution >= 4 is 17.7 Å². The van der Waals surface area contributed by atoms with Crippen molar-refractivity contribution in [1.82, 2.24) is 0 Å². The largest absolute Gasteiger partial charge is 0.458 e. The number of carbonyl (C=O) groups is 3. The van der Waals surface area contributed by atoms with Crippen LogP contribution in [-0.4, -0.2) is 55.2 Å². The van der Waals surface area contributed by atoms with Gasteiger partial charge in [0.2, 0.25) is 0 Å². The Hall–Kier alpha value is -1.77. The van der Waals surface area contributed by atoms with Crippen molar-refractivity contribution in [1.29, 1.82) is 0 Å². The van der Waals surface area contributed by atoms with Crippen LogP contribution in [0.15, 0.2) is 11.1 Å². The number of rotatable bonds is 2. The second-order valence-electron chi connectivity index (χ2n) is 11.2. The maximum Gasteiger partial charge on any atom is 0.303 e. The van der Waals surface area contributed by atoms with Gasteiger partial charge in [-0.2, -0.15) is 0 Å². The summed E-state index contributed by atoms with van der Waals surface area (Å²) in [6, 6.07) is 0. The van der Waals surface area contributed by atoms with Crippen LogP contribution >= 0.6 is 0 Å². The van der Waals surface area contributed by atoms with Crippen molar-refractivity contribution in [2.75, 3.05) is 6.79 Å². The molecule has 2 heterocycles. The van der Waals surface area contributed by atoms with Crippen LogP contribution in [-0.2, 0) is 38.1 Å². The van der Waals surface area contributed by atoms with Gasteiger partial charge in [0, 0.05) is 43.4 Å². The first-order valence-corrected chi connectivity index (χ1v) is 11.9. The molecule has 8 nitrogen and oxygen atoms in total. The lowest BCUT2D eigenvalue weighted by molar-refractivity contribution is -0.278. The van der Waals surface area contributed by atoms with Crippen LogP contribution in [0.1, 0.15) is 60.8 Å². The molecule has 0 N–H and O–H groups in total. The highest BCUT2D eigenvalue weighted by Crippen LogP contribution is 2.64. The third kappa shape index (κ3) is 3.24. The van der Waals surface area contributed by atoms with Crippen molar-refractivity contribution in [3.05, 3.63) is 11.1 Å². The maximum absolute atomic E-state index is 13.2. The molecule has 0 aromatic carbocycles. The number of esters is 2. The summed E-state index contributed by atoms with van der Waals surface area (Å²) >= 11 is 0. The first kappa shape index (κ1) is 23.0. The van der Waals surface area contributed by atoms with Gasteiger partial charge < -0.3 is 23.7 Å². The second kappa shape index (κ2) is 7.62. The molecule has 0 radical (unpaired) electrons. The minimum absolute atomic E-state index is 0.0136. The number of hydrogen-bond donors (Lipinski definition) is 0. The van der Waals surface area contributed by atoms with Gasteiger partial charge in [0.15, 0.2) is 18.2 Å². The normalized spacial score (nSPS) is 45.6. The zero-order chi connectivity index (χ0) is 23.9. The van der Waals surface area contributed by atoms with Crippen molar-refractivity contribution in [3.63, 3.8) is 0 Å². The Balaban J connectivity index is 1.76. The number of Topliss-reactive ketones (excluding diaryl/α,β-unsaturated/α-hetero) is 1. The first-order valence-electron chi connectivity index (χ1n) is 11.9. The maximum atomic E-state index is 13.2. The summed E-state index contributed by atoms with van der Waals surface area (Å²) in [6.45, 7) is 11.0. The molecule has 2 saturated heterocycles. The number of ether oxygens (including phenoxy) is 5. The van der Waals surface area contributed by atoms with Gasteiger partial charge in [0.05, 0.1) is 12.2 Å². The van der Waals surface area contributed by atoms with Crippen LogP contribution in [0.3, 0.4) is 0 Å². The monoisotopic (exact) mass is 462 g/mol. The third-order valence-electron chi connectivity index (χ3n) is 9.09. The fourth-order valence-electron chi connectivity index (χ4n) is 7.69. The summed E-state index contributed by atoms with van der Waals surface area (Å²) in [5.41, 5.74) is 0.244. The number of carbonyl (C=O) groups excluding carboxylic acids is 3. The molecule has 0 amide bonds. The first-order chi connectivity index (χ1) is 15.5. The molecule has 2 aliphatic heterocycles. The molecule has 3 aliphatic carbocycles. The molecule has 4 fully saturated rings. The van der Waals surface area contributed by atoms with E-state index in [2.05, 4.69) is 20.8 Å². The van der Waals surface area contributed by atoms with Gasteiger partial charge >= 0.3 is 11.9 Å². The van der Waals surface area contributed by atoms with E-state index in [1.807, 2.05) is 0 Å². The van der Waals surface area contributed by atoms with E-state index in [1.165, 1.54) is 13.8 Å². The van der Waals surface area contributed by atoms with Gasteiger partial charge in [-0.3, -0.25) is 14.4 Å². The zero-order valence-electron chi connectivity index (χ0n) is 20.2. The molecule has 0 aromatic heterocycles. The predicted octanol–water partition coefficient (Wildman–Crippen LogP) is 2.93. The zero-order valence-corrected chi connectivity index (χ0v) is 20.2. The Morgan fingerprint density at radius 2 is 1.76 bits per heavy atom. The average molecular weight is 463 g/mol. The van der Waals surface area contributed by atoms with Crippen LogP contribution in [0.4, 0.5) is 0 Å². The van der Waals surface area contributed by atoms with Gasteiger partial charge in [-0.05, 0) is 36.3 Å². The number of fused-ring (bicyclic) bond motifs is 3. The molecule has 5 rings (SSSR count). The lowest BCUT2D eigenvalue weighted by Gasteiger charge is -2.58. The number of hydrogen-bond acceptors (Lipinski definition) is 8. The molecular formula is C25H34O8. The summed E-state index contributed by atoms with van der Waals surface area (Å²) in [5, 5.41) is 0. The minimum atomic E-state index is -0.847. The van der Waals surface area contributed by atoms with Gasteiger partial charge in [-0.25, -0.2) is 0 Å². The molecule has 8 heteroatoms. The van der Waals surface area contributed by atoms with E-state index in [0.29, 0.717) is 18.4 Å². The molecule has 5 aliphatic rings. The van der Waals surface area contributed by atoms with E-state index in [4.69, 9.17) is 23.7 Å². The lowest BCUT2D eigenvalue weighted by atomic mass is 9.49. The lowest BCUT2D eigenvalue weighted by Crippen LogP contribution is -2.63. The Morgan fingerprint density at radius 3 is 2.42 bits per heavy atom. The second-order valence-corrected chi connectivity index (χ2v) is 11.2. The fraction of sp³-hybridized carbons (Fsp3) is 0.800. The molecule has 0 aromatic rings. The smallest absolute Gasteiger partial charge is 0.303 e. The Labute approximate surface area is 194 Å². The molecule has 182 valence electrons. The molecule has 2 saturated carbocycles. The Kier molecular flexibility index (Phi) is 5.31. The van der Waals surface area contributed by atoms with Gasteiger partial charge in [0.1, 0.15) is 12.9 Å². The van der Waals surface area contributed by atoms with E-state index in [1.54, 1.807) is 6.92 Å². The van der Waals surface area contributed by atoms with E-state index < -0.39 is 41.3 Å². The van der Waals surface area contributed by atoms with Crippen LogP contribution in [0.25, 0.3) is 0 Å². The van der Waals surface area contributed by atoms with Crippen LogP contribution in [0.5, 0.6) is 0 Å². The fourth-order valence-corrected chi connectivity index (χ4v) is 7.69. The molecular weight excluding hydrogens is 428 g/mol. The van der Waals surface area contributed by atoms with Crippen LogP contribution in [0, 0.1) is 28.6 Å². The van der Waals surface area contributed by atoms with Gasteiger partial charge in [0.25, 0.3) is 0 Å². The molecule has 0 spiro atoms. The van der Waals surface area contributed by atoms with Crippen LogP contribution < -0.4 is 0 Å². The number of ketones is 1. The van der Waals surface area contributed by atoms with E-state index in [-0.39, 0.29) is 42.5 Å².